The van der Waals surface area contributed by atoms with E-state index >= 15 is 0 Å². The minimum absolute atomic E-state index is 0.0446. The van der Waals surface area contributed by atoms with E-state index in [0.29, 0.717) is 47.8 Å². The number of carbonyl (C=O) groups excluding carboxylic acids is 2. The van der Waals surface area contributed by atoms with Gasteiger partial charge in [0.05, 0.1) is 0 Å². The summed E-state index contributed by atoms with van der Waals surface area (Å²) in [5.74, 6) is 3.52. The molecule has 1 aromatic heterocycles. The van der Waals surface area contributed by atoms with Crippen LogP contribution in [-0.2, 0) is 9.59 Å². The van der Waals surface area contributed by atoms with Crippen LogP contribution in [0.5, 0.6) is 0 Å². The fourth-order valence-electron chi connectivity index (χ4n) is 8.12. The average Bonchev–Trinajstić information content (AvgIpc) is 3.07. The number of carbonyl (C=O) groups is 2. The highest BCUT2D eigenvalue weighted by atomic mass is 16.2. The molecular formula is C26H36N4O2. The van der Waals surface area contributed by atoms with E-state index in [2.05, 4.69) is 30.2 Å². The van der Waals surface area contributed by atoms with Gasteiger partial charge in [0.1, 0.15) is 11.6 Å². The smallest absolute Gasteiger partial charge is 0.246 e. The SMILES string of the molecule is CN1C(=O)C=C[C@]2(C)[C@H]3CC[C@]4(C)[C@@H](CC(=O)Nc5cccc(N)n5)CC[C@H]4[C@@H]3CC[C@@H]12. The number of nitrogens with one attached hydrogen (secondary N) is 1. The molecular weight excluding hydrogens is 400 g/mol. The van der Waals surface area contributed by atoms with Crippen LogP contribution in [0, 0.1) is 34.5 Å². The molecule has 3 N–H and O–H groups in total. The quantitative estimate of drug-likeness (QED) is 0.741. The molecule has 6 heteroatoms. The third-order valence-corrected chi connectivity index (χ3v) is 9.79. The van der Waals surface area contributed by atoms with E-state index in [4.69, 9.17) is 5.73 Å². The highest BCUT2D eigenvalue weighted by Crippen LogP contribution is 2.65. The van der Waals surface area contributed by atoms with Gasteiger partial charge in [-0.05, 0) is 85.8 Å². The fourth-order valence-corrected chi connectivity index (χ4v) is 8.12. The maximum Gasteiger partial charge on any atom is 0.246 e. The number of hydrogen-bond donors (Lipinski definition) is 2. The van der Waals surface area contributed by atoms with E-state index in [0.717, 1.165) is 12.8 Å². The second kappa shape index (κ2) is 7.60. The zero-order valence-electron chi connectivity index (χ0n) is 19.5. The third-order valence-electron chi connectivity index (χ3n) is 9.79. The topological polar surface area (TPSA) is 88.3 Å². The minimum atomic E-state index is 0.0446. The molecule has 1 aromatic rings. The van der Waals surface area contributed by atoms with Crippen molar-refractivity contribution in [3.63, 3.8) is 0 Å². The summed E-state index contributed by atoms with van der Waals surface area (Å²) in [7, 11) is 1.97. The second-order valence-corrected chi connectivity index (χ2v) is 11.1. The van der Waals surface area contributed by atoms with Gasteiger partial charge in [0.25, 0.3) is 0 Å². The molecule has 0 bridgehead atoms. The summed E-state index contributed by atoms with van der Waals surface area (Å²) >= 11 is 0. The normalized spacial score (nSPS) is 40.4. The number of anilines is 2. The highest BCUT2D eigenvalue weighted by molar-refractivity contribution is 5.90. The lowest BCUT2D eigenvalue weighted by Crippen LogP contribution is -2.59. The predicted molar refractivity (Wildman–Crippen MR) is 125 cm³/mol. The molecule has 0 spiro atoms. The van der Waals surface area contributed by atoms with Crippen LogP contribution in [0.15, 0.2) is 30.4 Å². The fraction of sp³-hybridized carbons (Fsp3) is 0.654. The Kier molecular flexibility index (Phi) is 5.10. The van der Waals surface area contributed by atoms with Crippen molar-refractivity contribution in [3.05, 3.63) is 30.4 Å². The number of nitrogens with two attached hydrogens (primary N) is 1. The molecule has 0 aromatic carbocycles. The van der Waals surface area contributed by atoms with Crippen molar-refractivity contribution >= 4 is 23.5 Å². The standard InChI is InChI=1S/C26H36N4O2/c1-25-13-11-19-17(8-10-20-26(19,2)14-12-24(32)30(20)3)18(25)9-7-16(25)15-23(31)29-22-6-4-5-21(27)28-22/h4-6,12,14,16-20H,7-11,13,15H2,1-3H3,(H3,27,28,29,31)/t16-,17+,18+,19+,20-,25-,26-/m1/s1. The zero-order valence-corrected chi connectivity index (χ0v) is 19.5. The van der Waals surface area contributed by atoms with Crippen molar-refractivity contribution in [1.29, 1.82) is 0 Å². The van der Waals surface area contributed by atoms with Crippen molar-refractivity contribution < 1.29 is 9.59 Å². The van der Waals surface area contributed by atoms with Crippen molar-refractivity contribution in [1.82, 2.24) is 9.88 Å². The summed E-state index contributed by atoms with van der Waals surface area (Å²) in [5, 5.41) is 2.95. The van der Waals surface area contributed by atoms with Gasteiger partial charge >= 0.3 is 0 Å². The summed E-state index contributed by atoms with van der Waals surface area (Å²) in [5.41, 5.74) is 6.04. The van der Waals surface area contributed by atoms with E-state index in [1.807, 2.05) is 18.0 Å². The molecule has 1 aliphatic heterocycles. The van der Waals surface area contributed by atoms with Gasteiger partial charge in [-0.15, -0.1) is 0 Å². The van der Waals surface area contributed by atoms with Crippen LogP contribution in [-0.4, -0.2) is 34.8 Å². The molecule has 7 atom stereocenters. The van der Waals surface area contributed by atoms with Crippen LogP contribution >= 0.6 is 0 Å². The molecule has 2 amide bonds. The van der Waals surface area contributed by atoms with Crippen molar-refractivity contribution in [2.45, 2.75) is 64.8 Å². The molecule has 3 aliphatic carbocycles. The van der Waals surface area contributed by atoms with Crippen molar-refractivity contribution in [3.8, 4) is 0 Å². The number of hydrogen-bond acceptors (Lipinski definition) is 4. The van der Waals surface area contributed by atoms with Crippen LogP contribution in [0.2, 0.25) is 0 Å². The number of pyridine rings is 1. The molecule has 0 saturated heterocycles. The molecule has 3 saturated carbocycles. The number of nitrogens with zero attached hydrogens (tertiary/aromatic N) is 2. The number of nitrogen functional groups attached to an aromatic ring is 1. The first-order valence-corrected chi connectivity index (χ1v) is 12.2. The first-order chi connectivity index (χ1) is 15.2. The Hall–Kier alpha value is -2.37. The first-order valence-electron chi connectivity index (χ1n) is 12.2. The number of likely N-dealkylation sites (N-methyl/N-ethyl adjacent to an activating group) is 1. The van der Waals surface area contributed by atoms with Gasteiger partial charge in [0.15, 0.2) is 0 Å². The summed E-state index contributed by atoms with van der Waals surface area (Å²) in [6.45, 7) is 4.83. The molecule has 4 aliphatic rings. The second-order valence-electron chi connectivity index (χ2n) is 11.1. The Morgan fingerprint density at radius 3 is 2.78 bits per heavy atom. The van der Waals surface area contributed by atoms with E-state index in [1.165, 1.54) is 25.7 Å². The number of rotatable bonds is 3. The van der Waals surface area contributed by atoms with E-state index in [9.17, 15) is 9.59 Å². The molecule has 32 heavy (non-hydrogen) atoms. The molecule has 3 fully saturated rings. The predicted octanol–water partition coefficient (Wildman–Crippen LogP) is 4.25. The lowest BCUT2D eigenvalue weighted by Gasteiger charge is -2.60. The minimum Gasteiger partial charge on any atom is -0.384 e. The zero-order chi connectivity index (χ0) is 22.7. The Labute approximate surface area is 191 Å². The Bertz CT molecular complexity index is 961. The Morgan fingerprint density at radius 2 is 2.00 bits per heavy atom. The lowest BCUT2D eigenvalue weighted by atomic mass is 9.47. The van der Waals surface area contributed by atoms with Crippen LogP contribution in [0.4, 0.5) is 11.6 Å². The third kappa shape index (κ3) is 3.25. The molecule has 6 nitrogen and oxygen atoms in total. The summed E-state index contributed by atoms with van der Waals surface area (Å²) in [4.78, 5) is 31.3. The molecule has 0 unspecified atom stereocenters. The van der Waals surface area contributed by atoms with Crippen LogP contribution < -0.4 is 11.1 Å². The summed E-state index contributed by atoms with van der Waals surface area (Å²) < 4.78 is 0. The highest BCUT2D eigenvalue weighted by Gasteiger charge is 2.60. The molecule has 172 valence electrons. The van der Waals surface area contributed by atoms with Crippen LogP contribution in [0.3, 0.4) is 0 Å². The maximum atomic E-state index is 12.8. The molecule has 5 rings (SSSR count). The number of amides is 2. The average molecular weight is 437 g/mol. The van der Waals surface area contributed by atoms with E-state index in [-0.39, 0.29) is 22.6 Å². The Morgan fingerprint density at radius 1 is 1.19 bits per heavy atom. The Balaban J connectivity index is 1.31. The van der Waals surface area contributed by atoms with Gasteiger partial charge in [-0.2, -0.15) is 0 Å². The van der Waals surface area contributed by atoms with Gasteiger partial charge < -0.3 is 16.0 Å². The van der Waals surface area contributed by atoms with Crippen LogP contribution in [0.25, 0.3) is 0 Å². The number of fused-ring (bicyclic) bond motifs is 5. The van der Waals surface area contributed by atoms with Gasteiger partial charge in [0, 0.05) is 24.9 Å². The van der Waals surface area contributed by atoms with Gasteiger partial charge in [0.2, 0.25) is 11.8 Å². The van der Waals surface area contributed by atoms with E-state index in [1.54, 1.807) is 18.2 Å². The van der Waals surface area contributed by atoms with Crippen LogP contribution in [0.1, 0.15) is 58.8 Å². The monoisotopic (exact) mass is 436 g/mol. The molecule has 2 heterocycles. The number of aromatic nitrogens is 1. The van der Waals surface area contributed by atoms with Gasteiger partial charge in [-0.1, -0.05) is 26.0 Å². The lowest BCUT2D eigenvalue weighted by molar-refractivity contribution is -0.139. The van der Waals surface area contributed by atoms with Gasteiger partial charge in [-0.25, -0.2) is 4.98 Å². The maximum absolute atomic E-state index is 12.8. The molecule has 0 radical (unpaired) electrons. The summed E-state index contributed by atoms with van der Waals surface area (Å²) in [6.07, 6.45) is 11.6. The van der Waals surface area contributed by atoms with E-state index < -0.39 is 0 Å². The van der Waals surface area contributed by atoms with Gasteiger partial charge in [-0.3, -0.25) is 9.59 Å². The van der Waals surface area contributed by atoms with Crippen molar-refractivity contribution in [2.75, 3.05) is 18.1 Å². The van der Waals surface area contributed by atoms with Crippen molar-refractivity contribution in [2.24, 2.45) is 34.5 Å². The summed E-state index contributed by atoms with van der Waals surface area (Å²) in [6, 6.07) is 5.64. The first kappa shape index (κ1) is 21.5. The largest absolute Gasteiger partial charge is 0.384 e.